The molecule has 6 rings (SSSR count). The Kier molecular flexibility index (Phi) is 4.40. The van der Waals surface area contributed by atoms with Crippen LogP contribution in [0.2, 0.25) is 0 Å². The fourth-order valence-electron chi connectivity index (χ4n) is 5.10. The van der Waals surface area contributed by atoms with Gasteiger partial charge in [0.1, 0.15) is 0 Å². The van der Waals surface area contributed by atoms with E-state index in [1.54, 1.807) is 0 Å². The first-order valence-electron chi connectivity index (χ1n) is 11.1. The van der Waals surface area contributed by atoms with Crippen LogP contribution >= 0.6 is 0 Å². The molecular weight excluding hydrogens is 386 g/mol. The average molecular weight is 410 g/mol. The van der Waals surface area contributed by atoms with E-state index < -0.39 is 0 Å². The second-order valence-corrected chi connectivity index (χ2v) is 8.32. The molecule has 0 spiro atoms. The van der Waals surface area contributed by atoms with Crippen molar-refractivity contribution in [2.75, 3.05) is 5.73 Å². The van der Waals surface area contributed by atoms with Gasteiger partial charge < -0.3 is 5.73 Å². The highest BCUT2D eigenvalue weighted by Gasteiger charge is 2.30. The van der Waals surface area contributed by atoms with Crippen LogP contribution in [-0.4, -0.2) is 0 Å². The van der Waals surface area contributed by atoms with Crippen molar-refractivity contribution in [3.63, 3.8) is 0 Å². The zero-order valence-electron chi connectivity index (χ0n) is 17.8. The summed E-state index contributed by atoms with van der Waals surface area (Å²) in [5.41, 5.74) is 20.2. The van der Waals surface area contributed by atoms with Crippen molar-refractivity contribution >= 4 is 5.69 Å². The van der Waals surface area contributed by atoms with E-state index in [1.807, 2.05) is 0 Å². The lowest BCUT2D eigenvalue weighted by molar-refractivity contribution is 1.27. The molecule has 0 aliphatic heterocycles. The van der Waals surface area contributed by atoms with Crippen molar-refractivity contribution in [3.8, 4) is 44.5 Å². The molecule has 1 nitrogen and oxygen atoms in total. The number of anilines is 1. The van der Waals surface area contributed by atoms with Gasteiger partial charge in [-0.05, 0) is 44.5 Å². The standard InChI is InChI=1S/C31H23N/c32-31-26-20-24-18-10-11-19-25(24)30(26)28(22-14-6-2-7-15-22)27(21-12-4-1-5-13-21)29(31)23-16-8-3-9-17-23/h1-19H,20,32H2. The van der Waals surface area contributed by atoms with Gasteiger partial charge in [-0.15, -0.1) is 0 Å². The first-order chi connectivity index (χ1) is 15.8. The molecule has 32 heavy (non-hydrogen) atoms. The molecular formula is C31H23N. The van der Waals surface area contributed by atoms with Crippen LogP contribution in [0.3, 0.4) is 0 Å². The number of rotatable bonds is 3. The minimum atomic E-state index is 0.867. The summed E-state index contributed by atoms with van der Waals surface area (Å²) >= 11 is 0. The molecule has 0 amide bonds. The highest BCUT2D eigenvalue weighted by atomic mass is 14.6. The summed E-state index contributed by atoms with van der Waals surface area (Å²) < 4.78 is 0. The Morgan fingerprint density at radius 2 is 0.875 bits per heavy atom. The van der Waals surface area contributed by atoms with E-state index in [0.717, 1.165) is 23.2 Å². The van der Waals surface area contributed by atoms with Gasteiger partial charge in [0.15, 0.2) is 0 Å². The van der Waals surface area contributed by atoms with Crippen molar-refractivity contribution in [2.45, 2.75) is 6.42 Å². The third-order valence-electron chi connectivity index (χ3n) is 6.49. The number of hydrogen-bond donors (Lipinski definition) is 1. The van der Waals surface area contributed by atoms with E-state index in [1.165, 1.54) is 44.5 Å². The van der Waals surface area contributed by atoms with E-state index in [4.69, 9.17) is 5.73 Å². The van der Waals surface area contributed by atoms with Crippen LogP contribution in [0.1, 0.15) is 11.1 Å². The number of fused-ring (bicyclic) bond motifs is 3. The minimum Gasteiger partial charge on any atom is -0.398 e. The van der Waals surface area contributed by atoms with E-state index in [0.29, 0.717) is 0 Å². The Balaban J connectivity index is 1.83. The van der Waals surface area contributed by atoms with Crippen molar-refractivity contribution in [1.82, 2.24) is 0 Å². The monoisotopic (exact) mass is 409 g/mol. The molecule has 0 atom stereocenters. The normalized spacial score (nSPS) is 11.8. The van der Waals surface area contributed by atoms with Crippen LogP contribution in [0.5, 0.6) is 0 Å². The quantitative estimate of drug-likeness (QED) is 0.296. The highest BCUT2D eigenvalue weighted by molar-refractivity contribution is 6.09. The van der Waals surface area contributed by atoms with Gasteiger partial charge in [0, 0.05) is 23.2 Å². The number of nitrogens with two attached hydrogens (primary N) is 1. The molecule has 0 bridgehead atoms. The molecule has 1 aliphatic carbocycles. The van der Waals surface area contributed by atoms with Crippen molar-refractivity contribution < 1.29 is 0 Å². The van der Waals surface area contributed by atoms with E-state index in [2.05, 4.69) is 115 Å². The maximum atomic E-state index is 7.03. The van der Waals surface area contributed by atoms with E-state index >= 15 is 0 Å². The number of hydrogen-bond acceptors (Lipinski definition) is 1. The summed E-state index contributed by atoms with van der Waals surface area (Å²) in [4.78, 5) is 0. The molecule has 0 heterocycles. The summed E-state index contributed by atoms with van der Waals surface area (Å²) in [6, 6.07) is 40.7. The fraction of sp³-hybridized carbons (Fsp3) is 0.0323. The van der Waals surface area contributed by atoms with Gasteiger partial charge in [-0.25, -0.2) is 0 Å². The van der Waals surface area contributed by atoms with Gasteiger partial charge in [-0.1, -0.05) is 115 Å². The molecule has 0 fully saturated rings. The fourth-order valence-corrected chi connectivity index (χ4v) is 5.10. The molecule has 0 aromatic heterocycles. The molecule has 1 aliphatic rings. The lowest BCUT2D eigenvalue weighted by atomic mass is 9.81. The van der Waals surface area contributed by atoms with Gasteiger partial charge in [-0.3, -0.25) is 0 Å². The topological polar surface area (TPSA) is 26.0 Å². The van der Waals surface area contributed by atoms with E-state index in [-0.39, 0.29) is 0 Å². The Morgan fingerprint density at radius 1 is 0.438 bits per heavy atom. The first-order valence-corrected chi connectivity index (χ1v) is 11.1. The molecule has 0 radical (unpaired) electrons. The smallest absolute Gasteiger partial charge is 0.0442 e. The molecule has 2 N–H and O–H groups in total. The summed E-state index contributed by atoms with van der Waals surface area (Å²) in [5.74, 6) is 0. The van der Waals surface area contributed by atoms with Gasteiger partial charge in [0.2, 0.25) is 0 Å². The van der Waals surface area contributed by atoms with E-state index in [9.17, 15) is 0 Å². The molecule has 152 valence electrons. The number of benzene rings is 5. The summed E-state index contributed by atoms with van der Waals surface area (Å²) in [6.45, 7) is 0. The zero-order chi connectivity index (χ0) is 21.5. The van der Waals surface area contributed by atoms with Crippen LogP contribution in [0, 0.1) is 0 Å². The Morgan fingerprint density at radius 3 is 1.44 bits per heavy atom. The van der Waals surface area contributed by atoms with Crippen molar-refractivity contribution in [2.24, 2.45) is 0 Å². The SMILES string of the molecule is Nc1c2c(c(-c3ccccc3)c(-c3ccccc3)c1-c1ccccc1)-c1ccccc1C2. The van der Waals surface area contributed by atoms with Crippen LogP contribution in [-0.2, 0) is 6.42 Å². The summed E-state index contributed by atoms with van der Waals surface area (Å²) in [7, 11) is 0. The first kappa shape index (κ1) is 18.7. The molecule has 0 saturated heterocycles. The molecule has 0 saturated carbocycles. The maximum absolute atomic E-state index is 7.03. The van der Waals surface area contributed by atoms with Gasteiger partial charge in [-0.2, -0.15) is 0 Å². The van der Waals surface area contributed by atoms with Crippen molar-refractivity contribution in [3.05, 3.63) is 126 Å². The Bertz CT molecular complexity index is 1380. The molecule has 5 aromatic rings. The minimum absolute atomic E-state index is 0.867. The second kappa shape index (κ2) is 7.55. The van der Waals surface area contributed by atoms with Crippen LogP contribution < -0.4 is 5.73 Å². The largest absolute Gasteiger partial charge is 0.398 e. The Hall–Kier alpha value is -4.10. The third-order valence-corrected chi connectivity index (χ3v) is 6.49. The van der Waals surface area contributed by atoms with Crippen molar-refractivity contribution in [1.29, 1.82) is 0 Å². The van der Waals surface area contributed by atoms with Crippen LogP contribution in [0.25, 0.3) is 44.5 Å². The number of nitrogen functional groups attached to an aromatic ring is 1. The highest BCUT2D eigenvalue weighted by Crippen LogP contribution is 2.54. The average Bonchev–Trinajstić information content (AvgIpc) is 3.25. The lowest BCUT2D eigenvalue weighted by Gasteiger charge is -2.23. The molecule has 0 unspecified atom stereocenters. The second-order valence-electron chi connectivity index (χ2n) is 8.32. The molecule has 5 aromatic carbocycles. The lowest BCUT2D eigenvalue weighted by Crippen LogP contribution is -2.02. The summed E-state index contributed by atoms with van der Waals surface area (Å²) in [6.07, 6.45) is 0.867. The molecule has 1 heteroatoms. The van der Waals surface area contributed by atoms with Crippen LogP contribution in [0.4, 0.5) is 5.69 Å². The Labute approximate surface area is 188 Å². The third kappa shape index (κ3) is 2.86. The zero-order valence-corrected chi connectivity index (χ0v) is 17.8. The summed E-state index contributed by atoms with van der Waals surface area (Å²) in [5, 5.41) is 0. The van der Waals surface area contributed by atoms with Gasteiger partial charge in [0.25, 0.3) is 0 Å². The van der Waals surface area contributed by atoms with Crippen LogP contribution in [0.15, 0.2) is 115 Å². The maximum Gasteiger partial charge on any atom is 0.0442 e. The van der Waals surface area contributed by atoms with Gasteiger partial charge >= 0.3 is 0 Å². The predicted octanol–water partition coefficient (Wildman–Crippen LogP) is 7.84. The predicted molar refractivity (Wildman–Crippen MR) is 135 cm³/mol. The van der Waals surface area contributed by atoms with Gasteiger partial charge in [0.05, 0.1) is 0 Å².